The predicted molar refractivity (Wildman–Crippen MR) is 117 cm³/mol. The average molecular weight is 392 g/mol. The lowest BCUT2D eigenvalue weighted by Gasteiger charge is -2.11. The predicted octanol–water partition coefficient (Wildman–Crippen LogP) is 3.65. The summed E-state index contributed by atoms with van der Waals surface area (Å²) in [7, 11) is 0. The van der Waals surface area contributed by atoms with Crippen molar-refractivity contribution in [2.45, 2.75) is 32.7 Å². The monoisotopic (exact) mass is 391 g/mol. The minimum atomic E-state index is 0.588. The van der Waals surface area contributed by atoms with Gasteiger partial charge in [-0.1, -0.05) is 18.2 Å². The van der Waals surface area contributed by atoms with E-state index in [0.717, 1.165) is 43.6 Å². The van der Waals surface area contributed by atoms with Crippen LogP contribution in [0.1, 0.15) is 30.9 Å². The van der Waals surface area contributed by atoms with E-state index in [2.05, 4.69) is 58.0 Å². The summed E-state index contributed by atoms with van der Waals surface area (Å²) in [6.07, 6.45) is 7.38. The summed E-state index contributed by atoms with van der Waals surface area (Å²) < 4.78 is 5.77. The molecule has 0 amide bonds. The van der Waals surface area contributed by atoms with Crippen molar-refractivity contribution in [2.24, 2.45) is 10.9 Å². The fourth-order valence-electron chi connectivity index (χ4n) is 3.28. The average Bonchev–Trinajstić information content (AvgIpc) is 3.50. The molecule has 2 aromatic heterocycles. The number of ether oxygens (including phenoxy) is 1. The standard InChI is InChI=1S/C23H29N5O/c1-2-24-23(26-12-10-19-15-27-21-6-4-3-5-20(19)21)28-14-18-9-11-25-22(13-18)29-16-17-7-8-17/h3-6,9,11,13,15,17,27H,2,7-8,10,12,14,16H2,1H3,(H2,24,26,28). The van der Waals surface area contributed by atoms with Gasteiger partial charge in [0.05, 0.1) is 13.2 Å². The number of aromatic nitrogens is 2. The molecule has 0 atom stereocenters. The Bertz CT molecular complexity index is 961. The summed E-state index contributed by atoms with van der Waals surface area (Å²) >= 11 is 0. The quantitative estimate of drug-likeness (QED) is 0.384. The van der Waals surface area contributed by atoms with Gasteiger partial charge in [-0.25, -0.2) is 9.98 Å². The Kier molecular flexibility index (Phi) is 6.29. The normalized spacial score (nSPS) is 14.2. The van der Waals surface area contributed by atoms with Crippen molar-refractivity contribution in [3.63, 3.8) is 0 Å². The highest BCUT2D eigenvalue weighted by Crippen LogP contribution is 2.29. The molecule has 4 rings (SSSR count). The van der Waals surface area contributed by atoms with Crippen molar-refractivity contribution < 1.29 is 4.74 Å². The van der Waals surface area contributed by atoms with Crippen molar-refractivity contribution in [2.75, 3.05) is 19.7 Å². The number of pyridine rings is 1. The number of nitrogens with one attached hydrogen (secondary N) is 3. The molecule has 0 aliphatic heterocycles. The van der Waals surface area contributed by atoms with Crippen LogP contribution in [0.5, 0.6) is 5.88 Å². The molecule has 0 spiro atoms. The smallest absolute Gasteiger partial charge is 0.213 e. The van der Waals surface area contributed by atoms with Gasteiger partial charge in [0.1, 0.15) is 0 Å². The molecule has 3 aromatic rings. The zero-order valence-corrected chi connectivity index (χ0v) is 16.9. The molecule has 1 aliphatic carbocycles. The Hall–Kier alpha value is -3.02. The molecule has 6 nitrogen and oxygen atoms in total. The lowest BCUT2D eigenvalue weighted by molar-refractivity contribution is 0.288. The number of aliphatic imine (C=N–C) groups is 1. The maximum absolute atomic E-state index is 5.77. The Morgan fingerprint density at radius 3 is 3.00 bits per heavy atom. The van der Waals surface area contributed by atoms with Gasteiger partial charge in [-0.2, -0.15) is 0 Å². The van der Waals surface area contributed by atoms with Crippen LogP contribution in [-0.4, -0.2) is 35.6 Å². The molecule has 0 unspecified atom stereocenters. The molecule has 1 fully saturated rings. The van der Waals surface area contributed by atoms with Gasteiger partial charge >= 0.3 is 0 Å². The number of hydrogen-bond donors (Lipinski definition) is 3. The lowest BCUT2D eigenvalue weighted by Crippen LogP contribution is -2.38. The number of hydrogen-bond acceptors (Lipinski definition) is 3. The van der Waals surface area contributed by atoms with E-state index in [-0.39, 0.29) is 0 Å². The third-order valence-corrected chi connectivity index (χ3v) is 5.09. The number of aromatic amines is 1. The number of para-hydroxylation sites is 1. The molecule has 0 radical (unpaired) electrons. The van der Waals surface area contributed by atoms with E-state index >= 15 is 0 Å². The van der Waals surface area contributed by atoms with Crippen molar-refractivity contribution in [1.29, 1.82) is 0 Å². The van der Waals surface area contributed by atoms with Crippen LogP contribution in [0.4, 0.5) is 0 Å². The van der Waals surface area contributed by atoms with E-state index in [1.807, 2.05) is 12.1 Å². The van der Waals surface area contributed by atoms with Crippen molar-refractivity contribution in [3.8, 4) is 5.88 Å². The number of rotatable bonds is 9. The van der Waals surface area contributed by atoms with Gasteiger partial charge in [-0.3, -0.25) is 0 Å². The van der Waals surface area contributed by atoms with Crippen LogP contribution < -0.4 is 15.4 Å². The molecule has 0 saturated heterocycles. The van der Waals surface area contributed by atoms with Crippen LogP contribution in [-0.2, 0) is 13.0 Å². The van der Waals surface area contributed by atoms with Crippen LogP contribution in [0, 0.1) is 5.92 Å². The SMILES string of the molecule is CCNC(=NCc1ccnc(OCC2CC2)c1)NCCc1c[nH]c2ccccc12. The third-order valence-electron chi connectivity index (χ3n) is 5.09. The highest BCUT2D eigenvalue weighted by atomic mass is 16.5. The molecule has 3 N–H and O–H groups in total. The van der Waals surface area contributed by atoms with E-state index in [9.17, 15) is 0 Å². The molecule has 2 heterocycles. The van der Waals surface area contributed by atoms with Crippen LogP contribution >= 0.6 is 0 Å². The first kappa shape index (κ1) is 19.3. The molecule has 0 bridgehead atoms. The first-order valence-electron chi connectivity index (χ1n) is 10.5. The number of fused-ring (bicyclic) bond motifs is 1. The first-order chi connectivity index (χ1) is 14.3. The fourth-order valence-corrected chi connectivity index (χ4v) is 3.28. The largest absolute Gasteiger partial charge is 0.477 e. The number of nitrogens with zero attached hydrogens (tertiary/aromatic N) is 2. The van der Waals surface area contributed by atoms with E-state index in [1.165, 1.54) is 29.3 Å². The van der Waals surface area contributed by atoms with Gasteiger partial charge < -0.3 is 20.4 Å². The van der Waals surface area contributed by atoms with E-state index in [0.29, 0.717) is 12.4 Å². The maximum Gasteiger partial charge on any atom is 0.213 e. The van der Waals surface area contributed by atoms with Crippen molar-refractivity contribution in [3.05, 3.63) is 59.9 Å². The highest BCUT2D eigenvalue weighted by Gasteiger charge is 2.22. The van der Waals surface area contributed by atoms with Gasteiger partial charge in [0.2, 0.25) is 5.88 Å². The third kappa shape index (κ3) is 5.50. The Balaban J connectivity index is 1.32. The zero-order valence-electron chi connectivity index (χ0n) is 16.9. The fraction of sp³-hybridized carbons (Fsp3) is 0.391. The molecule has 1 aliphatic rings. The van der Waals surface area contributed by atoms with Gasteiger partial charge in [-0.05, 0) is 55.4 Å². The van der Waals surface area contributed by atoms with Crippen LogP contribution in [0.3, 0.4) is 0 Å². The van der Waals surface area contributed by atoms with E-state index < -0.39 is 0 Å². The van der Waals surface area contributed by atoms with Crippen LogP contribution in [0.25, 0.3) is 10.9 Å². The van der Waals surface area contributed by atoms with Crippen LogP contribution in [0.2, 0.25) is 0 Å². The summed E-state index contributed by atoms with van der Waals surface area (Å²) in [6.45, 7) is 5.08. The number of benzene rings is 1. The van der Waals surface area contributed by atoms with Gasteiger partial charge in [0, 0.05) is 42.5 Å². The second-order valence-corrected chi connectivity index (χ2v) is 7.49. The van der Waals surface area contributed by atoms with E-state index in [4.69, 9.17) is 9.73 Å². The van der Waals surface area contributed by atoms with Gasteiger partial charge in [0.25, 0.3) is 0 Å². The second-order valence-electron chi connectivity index (χ2n) is 7.49. The van der Waals surface area contributed by atoms with Gasteiger partial charge in [0.15, 0.2) is 5.96 Å². The zero-order chi connectivity index (χ0) is 19.9. The maximum atomic E-state index is 5.77. The highest BCUT2D eigenvalue weighted by molar-refractivity contribution is 5.83. The Labute approximate surface area is 171 Å². The molecule has 6 heteroatoms. The van der Waals surface area contributed by atoms with E-state index in [1.54, 1.807) is 6.20 Å². The van der Waals surface area contributed by atoms with Gasteiger partial charge in [-0.15, -0.1) is 0 Å². The molecule has 1 aromatic carbocycles. The summed E-state index contributed by atoms with van der Waals surface area (Å²) in [5.74, 6) is 2.24. The molecule has 152 valence electrons. The second kappa shape index (κ2) is 9.45. The molecule has 1 saturated carbocycles. The number of guanidine groups is 1. The van der Waals surface area contributed by atoms with Crippen LogP contribution in [0.15, 0.2) is 53.8 Å². The molecular formula is C23H29N5O. The summed E-state index contributed by atoms with van der Waals surface area (Å²) in [5, 5.41) is 8.04. The first-order valence-corrected chi connectivity index (χ1v) is 10.5. The molecule has 29 heavy (non-hydrogen) atoms. The molecular weight excluding hydrogens is 362 g/mol. The summed E-state index contributed by atoms with van der Waals surface area (Å²) in [5.41, 5.74) is 3.59. The number of H-pyrrole nitrogens is 1. The Morgan fingerprint density at radius 1 is 1.24 bits per heavy atom. The summed E-state index contributed by atoms with van der Waals surface area (Å²) in [6, 6.07) is 12.4. The minimum Gasteiger partial charge on any atom is -0.477 e. The Morgan fingerprint density at radius 2 is 2.14 bits per heavy atom. The van der Waals surface area contributed by atoms with Crippen molar-refractivity contribution in [1.82, 2.24) is 20.6 Å². The van der Waals surface area contributed by atoms with Crippen molar-refractivity contribution >= 4 is 16.9 Å². The summed E-state index contributed by atoms with van der Waals surface area (Å²) in [4.78, 5) is 12.4. The topological polar surface area (TPSA) is 74.3 Å². The minimum absolute atomic E-state index is 0.588. The lowest BCUT2D eigenvalue weighted by atomic mass is 10.1.